The van der Waals surface area contributed by atoms with Crippen LogP contribution >= 0.6 is 11.8 Å². The Bertz CT molecular complexity index is 705. The van der Waals surface area contributed by atoms with Crippen LogP contribution in [0, 0.1) is 11.8 Å². The molecule has 0 radical (unpaired) electrons. The van der Waals surface area contributed by atoms with Crippen LogP contribution in [0.15, 0.2) is 0 Å². The lowest BCUT2D eigenvalue weighted by atomic mass is 9.96. The molecule has 196 valence electrons. The Morgan fingerprint density at radius 3 is 1.97 bits per heavy atom. The SMILES string of the molecule is CCC(C)C(NC(=O)C(N)CC(C)C)C(=O)NC(CCSC)C(=O)NC(CCC(N)=O)C(=O)O. The van der Waals surface area contributed by atoms with Gasteiger partial charge < -0.3 is 32.5 Å². The summed E-state index contributed by atoms with van der Waals surface area (Å²) in [6, 6.07) is -4.03. The molecule has 0 fully saturated rings. The highest BCUT2D eigenvalue weighted by Gasteiger charge is 2.32. The van der Waals surface area contributed by atoms with Gasteiger partial charge in [-0.1, -0.05) is 34.1 Å². The average Bonchev–Trinajstić information content (AvgIpc) is 2.75. The monoisotopic (exact) mass is 503 g/mol. The van der Waals surface area contributed by atoms with Crippen molar-refractivity contribution in [3.63, 3.8) is 0 Å². The van der Waals surface area contributed by atoms with Gasteiger partial charge in [0.2, 0.25) is 23.6 Å². The van der Waals surface area contributed by atoms with Gasteiger partial charge in [0, 0.05) is 6.42 Å². The van der Waals surface area contributed by atoms with Crippen molar-refractivity contribution in [2.45, 2.75) is 84.0 Å². The molecule has 8 N–H and O–H groups in total. The van der Waals surface area contributed by atoms with Crippen LogP contribution in [0.3, 0.4) is 0 Å². The number of carboxylic acids is 1. The largest absolute Gasteiger partial charge is 0.480 e. The number of amides is 4. The number of carboxylic acid groups (broad SMARTS) is 1. The number of hydrogen-bond acceptors (Lipinski definition) is 7. The summed E-state index contributed by atoms with van der Waals surface area (Å²) in [4.78, 5) is 61.0. The Morgan fingerprint density at radius 2 is 1.50 bits per heavy atom. The second-order valence-electron chi connectivity index (χ2n) is 8.85. The Hall–Kier alpha value is -2.34. The van der Waals surface area contributed by atoms with Gasteiger partial charge in [-0.2, -0.15) is 11.8 Å². The molecule has 0 saturated heterocycles. The summed E-state index contributed by atoms with van der Waals surface area (Å²) in [7, 11) is 0. The summed E-state index contributed by atoms with van der Waals surface area (Å²) < 4.78 is 0. The second kappa shape index (κ2) is 16.3. The van der Waals surface area contributed by atoms with Crippen LogP contribution in [0.4, 0.5) is 0 Å². The molecule has 0 aliphatic rings. The van der Waals surface area contributed by atoms with Gasteiger partial charge in [-0.25, -0.2) is 4.79 Å². The molecule has 0 bridgehead atoms. The summed E-state index contributed by atoms with van der Waals surface area (Å²) >= 11 is 1.46. The predicted octanol–water partition coefficient (Wildman–Crippen LogP) is -0.0365. The first-order valence-electron chi connectivity index (χ1n) is 11.5. The number of primary amides is 1. The summed E-state index contributed by atoms with van der Waals surface area (Å²) in [5.41, 5.74) is 11.0. The lowest BCUT2D eigenvalue weighted by Gasteiger charge is -2.28. The smallest absolute Gasteiger partial charge is 0.326 e. The number of carbonyl (C=O) groups is 5. The summed E-state index contributed by atoms with van der Waals surface area (Å²) in [5.74, 6) is -3.19. The number of rotatable bonds is 17. The quantitative estimate of drug-likeness (QED) is 0.159. The number of carbonyl (C=O) groups excluding carboxylic acids is 4. The number of hydrogen-bond donors (Lipinski definition) is 6. The lowest BCUT2D eigenvalue weighted by Crippen LogP contribution is -2.58. The Balaban J connectivity index is 5.50. The molecule has 0 aromatic rings. The van der Waals surface area contributed by atoms with E-state index in [2.05, 4.69) is 16.0 Å². The third-order valence-electron chi connectivity index (χ3n) is 5.39. The number of thioether (sulfide) groups is 1. The minimum absolute atomic E-state index is 0.168. The van der Waals surface area contributed by atoms with E-state index in [1.165, 1.54) is 11.8 Å². The number of nitrogens with two attached hydrogens (primary N) is 2. The minimum atomic E-state index is -1.33. The van der Waals surface area contributed by atoms with Crippen molar-refractivity contribution in [3.05, 3.63) is 0 Å². The molecular formula is C22H41N5O6S. The van der Waals surface area contributed by atoms with Crippen molar-refractivity contribution in [2.75, 3.05) is 12.0 Å². The molecule has 4 amide bonds. The molecule has 0 rings (SSSR count). The van der Waals surface area contributed by atoms with Gasteiger partial charge in [-0.3, -0.25) is 19.2 Å². The standard InChI is InChI=1S/C22H41N5O6S/c1-6-13(4)18(27-19(29)14(23)11-12(2)3)21(31)25-15(9-10-34-5)20(30)26-16(22(32)33)7-8-17(24)28/h12-16,18H,6-11,23H2,1-5H3,(H2,24,28)(H,25,31)(H,26,30)(H,27,29)(H,32,33). The normalized spacial score (nSPS) is 15.5. The number of nitrogens with one attached hydrogen (secondary N) is 3. The van der Waals surface area contributed by atoms with Crippen molar-refractivity contribution >= 4 is 41.4 Å². The van der Waals surface area contributed by atoms with Crippen LogP contribution in [0.2, 0.25) is 0 Å². The van der Waals surface area contributed by atoms with Gasteiger partial charge in [0.05, 0.1) is 6.04 Å². The van der Waals surface area contributed by atoms with Crippen molar-refractivity contribution in [3.8, 4) is 0 Å². The molecule has 12 heteroatoms. The van der Waals surface area contributed by atoms with Crippen LogP contribution in [0.25, 0.3) is 0 Å². The first kappa shape index (κ1) is 31.7. The maximum Gasteiger partial charge on any atom is 0.326 e. The fourth-order valence-electron chi connectivity index (χ4n) is 3.16. The van der Waals surface area contributed by atoms with E-state index in [0.717, 1.165) is 0 Å². The van der Waals surface area contributed by atoms with Crippen LogP contribution < -0.4 is 27.4 Å². The Labute approximate surface area is 205 Å². The molecule has 5 unspecified atom stereocenters. The van der Waals surface area contributed by atoms with Crippen LogP contribution in [-0.2, 0) is 24.0 Å². The molecular weight excluding hydrogens is 462 g/mol. The zero-order valence-corrected chi connectivity index (χ0v) is 21.6. The third kappa shape index (κ3) is 12.2. The van der Waals surface area contributed by atoms with Crippen molar-refractivity contribution in [1.82, 2.24) is 16.0 Å². The van der Waals surface area contributed by atoms with E-state index in [4.69, 9.17) is 11.5 Å². The zero-order valence-electron chi connectivity index (χ0n) is 20.8. The first-order valence-corrected chi connectivity index (χ1v) is 12.9. The molecule has 0 aromatic carbocycles. The van der Waals surface area contributed by atoms with E-state index in [1.54, 1.807) is 6.92 Å². The summed E-state index contributed by atoms with van der Waals surface area (Å²) in [6.07, 6.45) is 2.75. The topological polar surface area (TPSA) is 194 Å². The maximum absolute atomic E-state index is 13.1. The fourth-order valence-corrected chi connectivity index (χ4v) is 3.63. The van der Waals surface area contributed by atoms with Crippen LogP contribution in [-0.4, -0.2) is 70.9 Å². The Kier molecular flexibility index (Phi) is 15.2. The average molecular weight is 504 g/mol. The van der Waals surface area contributed by atoms with E-state index in [0.29, 0.717) is 18.6 Å². The molecule has 0 heterocycles. The van der Waals surface area contributed by atoms with E-state index in [9.17, 15) is 29.1 Å². The van der Waals surface area contributed by atoms with E-state index < -0.39 is 53.8 Å². The molecule has 34 heavy (non-hydrogen) atoms. The fraction of sp³-hybridized carbons (Fsp3) is 0.773. The molecule has 5 atom stereocenters. The van der Waals surface area contributed by atoms with Crippen molar-refractivity contribution < 1.29 is 29.1 Å². The molecule has 0 spiro atoms. The summed E-state index contributed by atoms with van der Waals surface area (Å²) in [6.45, 7) is 7.56. The molecule has 0 aromatic heterocycles. The van der Waals surface area contributed by atoms with Gasteiger partial charge in [0.25, 0.3) is 0 Å². The summed E-state index contributed by atoms with van der Waals surface area (Å²) in [5, 5.41) is 17.1. The van der Waals surface area contributed by atoms with Gasteiger partial charge in [-0.15, -0.1) is 0 Å². The van der Waals surface area contributed by atoms with Gasteiger partial charge >= 0.3 is 5.97 Å². The van der Waals surface area contributed by atoms with E-state index >= 15 is 0 Å². The highest BCUT2D eigenvalue weighted by molar-refractivity contribution is 7.98. The minimum Gasteiger partial charge on any atom is -0.480 e. The molecule has 11 nitrogen and oxygen atoms in total. The van der Waals surface area contributed by atoms with E-state index in [1.807, 2.05) is 27.0 Å². The van der Waals surface area contributed by atoms with Crippen LogP contribution in [0.5, 0.6) is 0 Å². The highest BCUT2D eigenvalue weighted by Crippen LogP contribution is 2.11. The van der Waals surface area contributed by atoms with Crippen molar-refractivity contribution in [2.24, 2.45) is 23.3 Å². The van der Waals surface area contributed by atoms with E-state index in [-0.39, 0.29) is 31.1 Å². The first-order chi connectivity index (χ1) is 15.8. The van der Waals surface area contributed by atoms with Crippen molar-refractivity contribution in [1.29, 1.82) is 0 Å². The van der Waals surface area contributed by atoms with Gasteiger partial charge in [0.1, 0.15) is 18.1 Å². The van der Waals surface area contributed by atoms with Gasteiger partial charge in [-0.05, 0) is 43.1 Å². The Morgan fingerprint density at radius 1 is 0.912 bits per heavy atom. The lowest BCUT2D eigenvalue weighted by molar-refractivity contribution is -0.142. The molecule has 0 aliphatic heterocycles. The zero-order chi connectivity index (χ0) is 26.4. The predicted molar refractivity (Wildman–Crippen MR) is 132 cm³/mol. The third-order valence-corrected chi connectivity index (χ3v) is 6.04. The number of aliphatic carboxylic acids is 1. The highest BCUT2D eigenvalue weighted by atomic mass is 32.2. The molecule has 0 aliphatic carbocycles. The maximum atomic E-state index is 13.1. The second-order valence-corrected chi connectivity index (χ2v) is 9.84. The van der Waals surface area contributed by atoms with Crippen LogP contribution in [0.1, 0.15) is 59.8 Å². The molecule has 0 saturated carbocycles. The van der Waals surface area contributed by atoms with Gasteiger partial charge in [0.15, 0.2) is 0 Å².